The molecule has 192 valence electrons. The fraction of sp³-hybridized carbons (Fsp3) is 0.464. The molecule has 8 heteroatoms. The minimum atomic E-state index is -1.19. The molecule has 7 nitrogen and oxygen atoms in total. The highest BCUT2D eigenvalue weighted by Gasteiger charge is 2.40. The number of hydrogen-bond acceptors (Lipinski definition) is 5. The topological polar surface area (TPSA) is 103 Å². The number of carbonyl (C=O) groups excluding carboxylic acids is 2. The van der Waals surface area contributed by atoms with Crippen LogP contribution in [0.5, 0.6) is 11.5 Å². The summed E-state index contributed by atoms with van der Waals surface area (Å²) in [7, 11) is 0. The first-order chi connectivity index (χ1) is 16.7. The van der Waals surface area contributed by atoms with Crippen LogP contribution in [-0.4, -0.2) is 47.5 Å². The molecule has 0 radical (unpaired) electrons. The average molecular weight is 496 g/mol. The number of halogens is 1. The van der Waals surface area contributed by atoms with Crippen LogP contribution in [0.25, 0.3) is 0 Å². The number of alkyl halides is 1. The number of aliphatic imine (C=N–C) groups is 1. The van der Waals surface area contributed by atoms with E-state index in [9.17, 15) is 14.0 Å². The summed E-state index contributed by atoms with van der Waals surface area (Å²) in [4.78, 5) is 29.8. The molecule has 0 bridgehead atoms. The van der Waals surface area contributed by atoms with Crippen molar-refractivity contribution < 1.29 is 23.5 Å². The second kappa shape index (κ2) is 8.91. The van der Waals surface area contributed by atoms with Crippen molar-refractivity contribution in [1.29, 1.82) is 0 Å². The summed E-state index contributed by atoms with van der Waals surface area (Å²) >= 11 is 0. The molecule has 2 amide bonds. The number of fused-ring (bicyclic) bond motifs is 3. The number of carbonyl (C=O) groups is 2. The zero-order valence-electron chi connectivity index (χ0n) is 21.8. The lowest BCUT2D eigenvalue weighted by atomic mass is 9.80. The van der Waals surface area contributed by atoms with Crippen LogP contribution < -0.4 is 20.5 Å². The molecule has 4 rings (SSSR count). The summed E-state index contributed by atoms with van der Waals surface area (Å²) in [6, 6.07) is 9.12. The second-order valence-electron chi connectivity index (χ2n) is 11.3. The van der Waals surface area contributed by atoms with E-state index in [-0.39, 0.29) is 6.61 Å². The predicted octanol–water partition coefficient (Wildman–Crippen LogP) is 3.91. The van der Waals surface area contributed by atoms with Gasteiger partial charge in [0.05, 0.1) is 11.3 Å². The molecule has 0 atom stereocenters. The number of nitrogens with one attached hydrogen (secondary N) is 1. The van der Waals surface area contributed by atoms with Crippen LogP contribution in [0, 0.1) is 0 Å². The van der Waals surface area contributed by atoms with E-state index in [4.69, 9.17) is 20.2 Å². The Balaban J connectivity index is 1.83. The van der Waals surface area contributed by atoms with Gasteiger partial charge < -0.3 is 20.5 Å². The molecule has 2 aromatic rings. The largest absolute Gasteiger partial charge is 0.487 e. The van der Waals surface area contributed by atoms with Crippen molar-refractivity contribution in [2.75, 3.05) is 13.3 Å². The molecule has 0 aliphatic carbocycles. The van der Waals surface area contributed by atoms with E-state index in [1.807, 2.05) is 26.0 Å². The van der Waals surface area contributed by atoms with Gasteiger partial charge in [-0.1, -0.05) is 12.1 Å². The molecular formula is C28H34FN3O4. The molecule has 2 aromatic carbocycles. The predicted molar refractivity (Wildman–Crippen MR) is 137 cm³/mol. The van der Waals surface area contributed by atoms with Gasteiger partial charge in [0.1, 0.15) is 24.4 Å². The zero-order chi connectivity index (χ0) is 26.5. The number of primary amides is 1. The van der Waals surface area contributed by atoms with Crippen LogP contribution in [0.1, 0.15) is 74.2 Å². The van der Waals surface area contributed by atoms with Crippen LogP contribution in [-0.2, 0) is 17.6 Å². The van der Waals surface area contributed by atoms with E-state index < -0.39 is 35.2 Å². The van der Waals surface area contributed by atoms with E-state index in [0.717, 1.165) is 28.0 Å². The maximum Gasteiger partial charge on any atom is 0.252 e. The van der Waals surface area contributed by atoms with Gasteiger partial charge in [-0.25, -0.2) is 4.39 Å². The summed E-state index contributed by atoms with van der Waals surface area (Å²) in [6.07, 6.45) is 1.32. The Morgan fingerprint density at radius 1 is 1.19 bits per heavy atom. The Hall–Kier alpha value is -3.42. The molecule has 0 saturated heterocycles. The molecule has 2 heterocycles. The van der Waals surface area contributed by atoms with Crippen LogP contribution in [0.3, 0.4) is 0 Å². The third-order valence-electron chi connectivity index (χ3n) is 6.46. The van der Waals surface area contributed by atoms with Crippen molar-refractivity contribution in [2.24, 2.45) is 10.7 Å². The molecule has 2 aliphatic rings. The molecule has 2 aliphatic heterocycles. The summed E-state index contributed by atoms with van der Waals surface area (Å²) in [5.74, 6) is 0.145. The summed E-state index contributed by atoms with van der Waals surface area (Å²) in [5, 5.41) is 2.70. The zero-order valence-corrected chi connectivity index (χ0v) is 21.8. The van der Waals surface area contributed by atoms with Gasteiger partial charge in [-0.2, -0.15) is 0 Å². The maximum atomic E-state index is 13.0. The molecule has 0 fully saturated rings. The molecule has 0 aromatic heterocycles. The monoisotopic (exact) mass is 495 g/mol. The number of nitrogens with zero attached hydrogens (tertiary/aromatic N) is 1. The van der Waals surface area contributed by atoms with Crippen molar-refractivity contribution in [3.8, 4) is 11.5 Å². The quantitative estimate of drug-likeness (QED) is 0.608. The Bertz CT molecular complexity index is 1260. The van der Waals surface area contributed by atoms with Gasteiger partial charge in [-0.3, -0.25) is 14.6 Å². The fourth-order valence-electron chi connectivity index (χ4n) is 4.76. The Labute approximate surface area is 211 Å². The lowest BCUT2D eigenvalue weighted by molar-refractivity contribution is -0.122. The van der Waals surface area contributed by atoms with Gasteiger partial charge >= 0.3 is 0 Å². The maximum absolute atomic E-state index is 13.0. The van der Waals surface area contributed by atoms with Gasteiger partial charge in [0, 0.05) is 28.7 Å². The molecule has 0 spiro atoms. The molecule has 0 saturated carbocycles. The van der Waals surface area contributed by atoms with Gasteiger partial charge in [0.2, 0.25) is 5.91 Å². The van der Waals surface area contributed by atoms with Crippen molar-refractivity contribution >= 4 is 17.5 Å². The molecule has 36 heavy (non-hydrogen) atoms. The minimum Gasteiger partial charge on any atom is -0.487 e. The van der Waals surface area contributed by atoms with Gasteiger partial charge in [0.15, 0.2) is 11.5 Å². The van der Waals surface area contributed by atoms with Gasteiger partial charge in [-0.05, 0) is 71.7 Å². The first-order valence-electron chi connectivity index (χ1n) is 12.1. The van der Waals surface area contributed by atoms with Crippen LogP contribution in [0.2, 0.25) is 0 Å². The normalized spacial score (nSPS) is 17.4. The van der Waals surface area contributed by atoms with Crippen LogP contribution in [0.15, 0.2) is 35.3 Å². The number of amides is 2. The first-order valence-corrected chi connectivity index (χ1v) is 12.1. The average Bonchev–Trinajstić information content (AvgIpc) is 3.10. The number of rotatable bonds is 7. The van der Waals surface area contributed by atoms with Crippen LogP contribution in [0.4, 0.5) is 4.39 Å². The number of nitrogens with two attached hydrogens (primary N) is 1. The Morgan fingerprint density at radius 3 is 2.58 bits per heavy atom. The SMILES string of the molecule is CC1(C)Cc2cc(OCCF)c3c(c2C(c2cccc(C(=O)NC(C)(C)C(N)=O)c2)=N1)CC(C)(C)O3. The standard InChI is InChI=1S/C28H34FN3O4/c1-26(2)14-18-13-20(35-11-10-29)23-19(15-27(3,4)36-23)21(18)22(31-26)16-8-7-9-17(12-16)24(33)32-28(5,6)25(30)34/h7-9,12-13H,10-11,14-15H2,1-6H3,(H2,30,34)(H,32,33). The third kappa shape index (κ3) is 4.94. The highest BCUT2D eigenvalue weighted by molar-refractivity contribution is 6.17. The Morgan fingerprint density at radius 2 is 1.92 bits per heavy atom. The highest BCUT2D eigenvalue weighted by atomic mass is 19.1. The van der Waals surface area contributed by atoms with E-state index in [2.05, 4.69) is 19.2 Å². The summed E-state index contributed by atoms with van der Waals surface area (Å²) in [6.45, 7) is 10.6. The van der Waals surface area contributed by atoms with E-state index >= 15 is 0 Å². The number of benzene rings is 2. The van der Waals surface area contributed by atoms with E-state index in [0.29, 0.717) is 29.9 Å². The minimum absolute atomic E-state index is 0.0435. The highest BCUT2D eigenvalue weighted by Crippen LogP contribution is 2.48. The van der Waals surface area contributed by atoms with Gasteiger partial charge in [0.25, 0.3) is 5.91 Å². The van der Waals surface area contributed by atoms with E-state index in [1.165, 1.54) is 0 Å². The smallest absolute Gasteiger partial charge is 0.252 e. The van der Waals surface area contributed by atoms with Crippen LogP contribution >= 0.6 is 0 Å². The summed E-state index contributed by atoms with van der Waals surface area (Å²) < 4.78 is 24.9. The van der Waals surface area contributed by atoms with Crippen molar-refractivity contribution in [2.45, 2.75) is 71.1 Å². The Kier molecular flexibility index (Phi) is 6.35. The third-order valence-corrected chi connectivity index (χ3v) is 6.46. The van der Waals surface area contributed by atoms with E-state index in [1.54, 1.807) is 32.0 Å². The first kappa shape index (κ1) is 25.7. The van der Waals surface area contributed by atoms with Crippen molar-refractivity contribution in [1.82, 2.24) is 5.32 Å². The van der Waals surface area contributed by atoms with Gasteiger partial charge in [-0.15, -0.1) is 0 Å². The lowest BCUT2D eigenvalue weighted by Gasteiger charge is -2.31. The van der Waals surface area contributed by atoms with Crippen molar-refractivity contribution in [3.05, 3.63) is 58.1 Å². The summed E-state index contributed by atoms with van der Waals surface area (Å²) in [5.41, 5.74) is 8.30. The van der Waals surface area contributed by atoms with Crippen molar-refractivity contribution in [3.63, 3.8) is 0 Å². The second-order valence-corrected chi connectivity index (χ2v) is 11.3. The fourth-order valence-corrected chi connectivity index (χ4v) is 4.76. The number of ether oxygens (including phenoxy) is 2. The number of hydrogen-bond donors (Lipinski definition) is 2. The molecular weight excluding hydrogens is 461 g/mol. The molecule has 0 unspecified atom stereocenters. The molecule has 3 N–H and O–H groups in total. The lowest BCUT2D eigenvalue weighted by Crippen LogP contribution is -2.53.